The molecule has 4 heteroatoms. The molecule has 0 fully saturated rings. The molecular weight excluding hydrogens is 367 g/mol. The third-order valence-electron chi connectivity index (χ3n) is 2.20. The SMILES string of the molecule is C[C-]=O.[Pd+2].[c-]1ccccc1.c1ccc(-c2ccccn2)nc1. The van der Waals surface area contributed by atoms with Gasteiger partial charge in [-0.15, -0.1) is 0 Å². The molecule has 0 N–H and O–H groups in total. The molecule has 0 aliphatic carbocycles. The second-order valence-electron chi connectivity index (χ2n) is 3.71. The van der Waals surface area contributed by atoms with Crippen LogP contribution in [0.25, 0.3) is 11.4 Å². The average Bonchev–Trinajstić information content (AvgIpc) is 2.59. The monoisotopic (exact) mass is 382 g/mol. The number of rotatable bonds is 1. The summed E-state index contributed by atoms with van der Waals surface area (Å²) in [5.74, 6) is 0. The summed E-state index contributed by atoms with van der Waals surface area (Å²) in [4.78, 5) is 17.1. The molecule has 3 nitrogen and oxygen atoms in total. The van der Waals surface area contributed by atoms with E-state index in [1.165, 1.54) is 13.2 Å². The molecular formula is C18H16N2OPd. The summed E-state index contributed by atoms with van der Waals surface area (Å²) >= 11 is 0. The largest absolute Gasteiger partial charge is 2.00 e. The van der Waals surface area contributed by atoms with Gasteiger partial charge >= 0.3 is 20.4 Å². The van der Waals surface area contributed by atoms with Crippen LogP contribution in [0, 0.1) is 6.07 Å². The first-order chi connectivity index (χ1) is 10.4. The molecule has 0 spiro atoms. The van der Waals surface area contributed by atoms with Crippen LogP contribution in [0.2, 0.25) is 0 Å². The fraction of sp³-hybridized carbons (Fsp3) is 0.0556. The first-order valence-corrected chi connectivity index (χ1v) is 6.41. The first kappa shape index (κ1) is 19.9. The fourth-order valence-electron chi connectivity index (χ4n) is 1.37. The zero-order valence-electron chi connectivity index (χ0n) is 12.1. The predicted molar refractivity (Wildman–Crippen MR) is 84.1 cm³/mol. The smallest absolute Gasteiger partial charge is 0.542 e. The van der Waals surface area contributed by atoms with Gasteiger partial charge < -0.3 is 4.79 Å². The topological polar surface area (TPSA) is 42.9 Å². The molecule has 2 aromatic heterocycles. The Balaban J connectivity index is 0.000000374. The number of benzene rings is 1. The molecule has 3 rings (SSSR count). The van der Waals surface area contributed by atoms with Gasteiger partial charge in [-0.2, -0.15) is 43.3 Å². The van der Waals surface area contributed by atoms with Crippen LogP contribution in [-0.4, -0.2) is 16.3 Å². The van der Waals surface area contributed by atoms with Crippen molar-refractivity contribution in [2.75, 3.05) is 0 Å². The predicted octanol–water partition coefficient (Wildman–Crippen LogP) is 3.74. The minimum Gasteiger partial charge on any atom is -0.542 e. The summed E-state index contributed by atoms with van der Waals surface area (Å²) in [5, 5.41) is 0. The molecule has 0 saturated heterocycles. The van der Waals surface area contributed by atoms with E-state index < -0.39 is 0 Å². The van der Waals surface area contributed by atoms with Gasteiger partial charge in [0.1, 0.15) is 0 Å². The van der Waals surface area contributed by atoms with Gasteiger partial charge in [0.25, 0.3) is 0 Å². The summed E-state index contributed by atoms with van der Waals surface area (Å²) in [7, 11) is 0. The van der Waals surface area contributed by atoms with E-state index in [2.05, 4.69) is 16.0 Å². The van der Waals surface area contributed by atoms with Crippen LogP contribution in [0.5, 0.6) is 0 Å². The van der Waals surface area contributed by atoms with Crippen LogP contribution in [0.15, 0.2) is 79.1 Å². The Hall–Kier alpha value is -2.15. The van der Waals surface area contributed by atoms with E-state index in [1.807, 2.05) is 66.7 Å². The Morgan fingerprint density at radius 1 is 0.818 bits per heavy atom. The van der Waals surface area contributed by atoms with Crippen molar-refractivity contribution in [2.45, 2.75) is 6.92 Å². The van der Waals surface area contributed by atoms with Crippen LogP contribution in [0.4, 0.5) is 0 Å². The molecule has 22 heavy (non-hydrogen) atoms. The van der Waals surface area contributed by atoms with Crippen LogP contribution in [0.1, 0.15) is 6.92 Å². The van der Waals surface area contributed by atoms with Crippen molar-refractivity contribution in [2.24, 2.45) is 0 Å². The zero-order chi connectivity index (χ0) is 15.2. The van der Waals surface area contributed by atoms with E-state index in [1.54, 1.807) is 12.4 Å². The van der Waals surface area contributed by atoms with Crippen LogP contribution in [-0.2, 0) is 25.2 Å². The Kier molecular flexibility index (Phi) is 12.5. The number of hydrogen-bond acceptors (Lipinski definition) is 3. The third-order valence-corrected chi connectivity index (χ3v) is 2.20. The van der Waals surface area contributed by atoms with Crippen molar-refractivity contribution in [3.05, 3.63) is 85.2 Å². The molecule has 2 heterocycles. The van der Waals surface area contributed by atoms with Gasteiger partial charge in [0, 0.05) is 12.4 Å². The molecule has 0 amide bonds. The van der Waals surface area contributed by atoms with Gasteiger partial charge in [-0.05, 0) is 24.3 Å². The van der Waals surface area contributed by atoms with E-state index in [4.69, 9.17) is 4.79 Å². The van der Waals surface area contributed by atoms with Gasteiger partial charge in [-0.1, -0.05) is 12.1 Å². The number of hydrogen-bond donors (Lipinski definition) is 0. The molecule has 1 aromatic carbocycles. The normalized spacial score (nSPS) is 8.05. The third kappa shape index (κ3) is 8.91. The standard InChI is InChI=1S/C10H8N2.C6H5.C2H3O.Pd/c1-3-7-11-9(5-1)10-6-2-4-8-12-10;1-2-4-6-5-3-1;1-2-3;/h1-8H;1-5H;1H3;/q;2*-1;+2. The quantitative estimate of drug-likeness (QED) is 0.475. The van der Waals surface area contributed by atoms with E-state index in [-0.39, 0.29) is 20.4 Å². The average molecular weight is 383 g/mol. The van der Waals surface area contributed by atoms with E-state index in [9.17, 15) is 0 Å². The maximum absolute atomic E-state index is 8.68. The summed E-state index contributed by atoms with van der Waals surface area (Å²) in [6, 6.07) is 24.1. The molecule has 0 saturated carbocycles. The van der Waals surface area contributed by atoms with Crippen molar-refractivity contribution in [3.63, 3.8) is 0 Å². The van der Waals surface area contributed by atoms with Crippen LogP contribution < -0.4 is 0 Å². The number of carbonyl (C=O) groups excluding carboxylic acids is 1. The molecule has 114 valence electrons. The number of pyridine rings is 2. The Morgan fingerprint density at radius 3 is 1.50 bits per heavy atom. The Bertz CT molecular complexity index is 525. The molecule has 0 aliphatic heterocycles. The first-order valence-electron chi connectivity index (χ1n) is 6.41. The van der Waals surface area contributed by atoms with Gasteiger partial charge in [-0.25, -0.2) is 0 Å². The number of aromatic nitrogens is 2. The zero-order valence-corrected chi connectivity index (χ0v) is 13.7. The summed E-state index contributed by atoms with van der Waals surface area (Å²) in [6.45, 7) is 1.32. The van der Waals surface area contributed by atoms with Crippen molar-refractivity contribution >= 4 is 6.29 Å². The van der Waals surface area contributed by atoms with E-state index >= 15 is 0 Å². The Morgan fingerprint density at radius 2 is 1.27 bits per heavy atom. The maximum Gasteiger partial charge on any atom is 2.00 e. The second-order valence-corrected chi connectivity index (χ2v) is 3.71. The molecule has 3 aromatic rings. The number of nitrogens with zero attached hydrogens (tertiary/aromatic N) is 2. The minimum absolute atomic E-state index is 0. The van der Waals surface area contributed by atoms with Crippen LogP contribution in [0.3, 0.4) is 0 Å². The molecule has 0 unspecified atom stereocenters. The maximum atomic E-state index is 8.68. The summed E-state index contributed by atoms with van der Waals surface area (Å²) in [6.07, 6.45) is 5.04. The minimum atomic E-state index is 0. The second kappa shape index (κ2) is 13.8. The van der Waals surface area contributed by atoms with Gasteiger partial charge in [0.05, 0.1) is 11.4 Å². The van der Waals surface area contributed by atoms with Gasteiger partial charge in [-0.3, -0.25) is 16.3 Å². The van der Waals surface area contributed by atoms with Crippen LogP contribution >= 0.6 is 0 Å². The van der Waals surface area contributed by atoms with E-state index in [0.717, 1.165) is 11.4 Å². The molecule has 0 radical (unpaired) electrons. The van der Waals surface area contributed by atoms with E-state index in [0.29, 0.717) is 0 Å². The van der Waals surface area contributed by atoms with Crippen molar-refractivity contribution < 1.29 is 25.2 Å². The summed E-state index contributed by atoms with van der Waals surface area (Å²) < 4.78 is 0. The molecule has 0 bridgehead atoms. The van der Waals surface area contributed by atoms with Crippen molar-refractivity contribution in [1.29, 1.82) is 0 Å². The van der Waals surface area contributed by atoms with Gasteiger partial charge in [0.15, 0.2) is 0 Å². The summed E-state index contributed by atoms with van der Waals surface area (Å²) in [5.41, 5.74) is 1.83. The van der Waals surface area contributed by atoms with Gasteiger partial charge in [0.2, 0.25) is 0 Å². The fourth-order valence-corrected chi connectivity index (χ4v) is 1.37. The molecule has 0 atom stereocenters. The molecule has 0 aliphatic rings. The Labute approximate surface area is 145 Å². The van der Waals surface area contributed by atoms with Crippen molar-refractivity contribution in [3.8, 4) is 11.4 Å². The van der Waals surface area contributed by atoms with Crippen molar-refractivity contribution in [1.82, 2.24) is 9.97 Å².